The summed E-state index contributed by atoms with van der Waals surface area (Å²) in [6.07, 6.45) is 1.58. The van der Waals surface area contributed by atoms with E-state index in [9.17, 15) is 4.79 Å². The van der Waals surface area contributed by atoms with E-state index in [0.29, 0.717) is 33.4 Å². The van der Waals surface area contributed by atoms with E-state index >= 15 is 0 Å². The summed E-state index contributed by atoms with van der Waals surface area (Å²) in [5.74, 6) is 1.30. The maximum atomic E-state index is 11.6. The molecule has 0 aliphatic heterocycles. The fraction of sp³-hybridized carbons (Fsp3) is 0.267. The monoisotopic (exact) mass is 317 g/mol. The minimum absolute atomic E-state index is 0.414. The van der Waals surface area contributed by atoms with Crippen molar-refractivity contribution in [3.8, 4) is 22.8 Å². The van der Waals surface area contributed by atoms with Crippen molar-refractivity contribution < 1.29 is 14.3 Å². The molecule has 3 aromatic rings. The fourth-order valence-corrected chi connectivity index (χ4v) is 3.09. The van der Waals surface area contributed by atoms with Crippen LogP contribution in [0, 0.1) is 0 Å². The molecule has 0 unspecified atom stereocenters. The zero-order chi connectivity index (χ0) is 15.7. The van der Waals surface area contributed by atoms with Crippen molar-refractivity contribution in [3.05, 3.63) is 28.9 Å². The highest BCUT2D eigenvalue weighted by atomic mass is 32.1. The second-order valence-electron chi connectivity index (χ2n) is 4.57. The van der Waals surface area contributed by atoms with Gasteiger partial charge >= 0.3 is 0 Å². The Labute approximate surface area is 131 Å². The zero-order valence-electron chi connectivity index (χ0n) is 12.5. The molecule has 0 saturated heterocycles. The van der Waals surface area contributed by atoms with Gasteiger partial charge < -0.3 is 9.47 Å². The summed E-state index contributed by atoms with van der Waals surface area (Å²) in [5, 5.41) is 5.36. The third-order valence-corrected chi connectivity index (χ3v) is 4.41. The molecule has 0 spiro atoms. The van der Waals surface area contributed by atoms with E-state index in [2.05, 4.69) is 10.1 Å². The predicted octanol–water partition coefficient (Wildman–Crippen LogP) is 2.85. The Morgan fingerprint density at radius 3 is 2.77 bits per heavy atom. The van der Waals surface area contributed by atoms with Crippen LogP contribution in [0.4, 0.5) is 0 Å². The minimum Gasteiger partial charge on any atom is -0.497 e. The predicted molar refractivity (Wildman–Crippen MR) is 84.2 cm³/mol. The number of benzene rings is 1. The van der Waals surface area contributed by atoms with Crippen molar-refractivity contribution in [2.75, 3.05) is 14.2 Å². The normalized spacial score (nSPS) is 10.9. The smallest absolute Gasteiger partial charge is 0.213 e. The first-order chi connectivity index (χ1) is 10.7. The van der Waals surface area contributed by atoms with Gasteiger partial charge in [0.2, 0.25) is 4.96 Å². The largest absolute Gasteiger partial charge is 0.497 e. The average Bonchev–Trinajstić information content (AvgIpc) is 3.10. The van der Waals surface area contributed by atoms with Gasteiger partial charge in [-0.2, -0.15) is 9.61 Å². The fourth-order valence-electron chi connectivity index (χ4n) is 2.25. The first-order valence-corrected chi connectivity index (χ1v) is 7.59. The van der Waals surface area contributed by atoms with Crippen LogP contribution < -0.4 is 9.47 Å². The number of carbonyl (C=O) groups excluding carboxylic acids is 1. The molecular weight excluding hydrogens is 302 g/mol. The van der Waals surface area contributed by atoms with Gasteiger partial charge in [-0.05, 0) is 24.6 Å². The first-order valence-electron chi connectivity index (χ1n) is 6.77. The molecule has 114 valence electrons. The average molecular weight is 317 g/mol. The number of methoxy groups -OCH3 is 2. The van der Waals surface area contributed by atoms with Crippen LogP contribution in [-0.4, -0.2) is 35.1 Å². The highest BCUT2D eigenvalue weighted by Gasteiger charge is 2.20. The number of rotatable bonds is 5. The first kappa shape index (κ1) is 14.5. The van der Waals surface area contributed by atoms with Gasteiger partial charge in [0.15, 0.2) is 6.29 Å². The summed E-state index contributed by atoms with van der Waals surface area (Å²) in [4.78, 5) is 16.8. The summed E-state index contributed by atoms with van der Waals surface area (Å²) < 4.78 is 12.2. The molecule has 0 atom stereocenters. The number of imidazole rings is 1. The van der Waals surface area contributed by atoms with Gasteiger partial charge in [0.25, 0.3) is 0 Å². The molecule has 1 aromatic carbocycles. The molecule has 6 nitrogen and oxygen atoms in total. The Morgan fingerprint density at radius 1 is 1.32 bits per heavy atom. The SMILES string of the molecule is CCc1nn2c(C=O)c(-c3cc(OC)ccc3OC)nc2s1. The van der Waals surface area contributed by atoms with Crippen LogP contribution in [0.25, 0.3) is 16.2 Å². The Morgan fingerprint density at radius 2 is 2.14 bits per heavy atom. The van der Waals surface area contributed by atoms with Gasteiger partial charge in [-0.25, -0.2) is 4.98 Å². The summed E-state index contributed by atoms with van der Waals surface area (Å²) in [7, 11) is 3.17. The molecule has 0 bridgehead atoms. The van der Waals surface area contributed by atoms with Gasteiger partial charge in [-0.1, -0.05) is 18.3 Å². The van der Waals surface area contributed by atoms with Crippen molar-refractivity contribution in [2.24, 2.45) is 0 Å². The standard InChI is InChI=1S/C15H15N3O3S/c1-4-13-17-18-11(8-19)14(16-15(18)22-13)10-7-9(20-2)5-6-12(10)21-3/h5-8H,4H2,1-3H3. The van der Waals surface area contributed by atoms with Gasteiger partial charge in [0, 0.05) is 5.56 Å². The van der Waals surface area contributed by atoms with Crippen LogP contribution in [0.5, 0.6) is 11.5 Å². The van der Waals surface area contributed by atoms with Gasteiger partial charge in [0.05, 0.1) is 14.2 Å². The highest BCUT2D eigenvalue weighted by molar-refractivity contribution is 7.16. The Kier molecular flexibility index (Phi) is 3.81. The molecule has 0 radical (unpaired) electrons. The summed E-state index contributed by atoms with van der Waals surface area (Å²) in [6.45, 7) is 2.02. The second-order valence-corrected chi connectivity index (χ2v) is 5.61. The molecule has 0 aliphatic carbocycles. The lowest BCUT2D eigenvalue weighted by molar-refractivity contribution is 0.111. The highest BCUT2D eigenvalue weighted by Crippen LogP contribution is 2.35. The molecule has 0 N–H and O–H groups in total. The van der Waals surface area contributed by atoms with E-state index in [1.54, 1.807) is 36.9 Å². The molecule has 2 heterocycles. The molecule has 0 aliphatic rings. The summed E-state index contributed by atoms with van der Waals surface area (Å²) in [5.41, 5.74) is 1.67. The van der Waals surface area contributed by atoms with Gasteiger partial charge in [0.1, 0.15) is 27.9 Å². The van der Waals surface area contributed by atoms with E-state index in [1.807, 2.05) is 6.92 Å². The lowest BCUT2D eigenvalue weighted by Crippen LogP contribution is -1.97. The van der Waals surface area contributed by atoms with Crippen LogP contribution >= 0.6 is 11.3 Å². The topological polar surface area (TPSA) is 65.7 Å². The lowest BCUT2D eigenvalue weighted by atomic mass is 10.1. The summed E-state index contributed by atoms with van der Waals surface area (Å²) >= 11 is 1.48. The number of carbonyl (C=O) groups is 1. The molecule has 3 rings (SSSR count). The van der Waals surface area contributed by atoms with Crippen LogP contribution in [0.1, 0.15) is 22.4 Å². The molecule has 22 heavy (non-hydrogen) atoms. The third kappa shape index (κ3) is 2.23. The number of fused-ring (bicyclic) bond motifs is 1. The van der Waals surface area contributed by atoms with E-state index in [4.69, 9.17) is 9.47 Å². The molecule has 2 aromatic heterocycles. The van der Waals surface area contributed by atoms with E-state index in [1.165, 1.54) is 11.3 Å². The van der Waals surface area contributed by atoms with Crippen molar-refractivity contribution in [2.45, 2.75) is 13.3 Å². The van der Waals surface area contributed by atoms with Crippen molar-refractivity contribution >= 4 is 22.6 Å². The van der Waals surface area contributed by atoms with Crippen LogP contribution in [0.3, 0.4) is 0 Å². The van der Waals surface area contributed by atoms with Crippen molar-refractivity contribution in [1.29, 1.82) is 0 Å². The number of aldehydes is 1. The maximum Gasteiger partial charge on any atom is 0.213 e. The number of nitrogens with zero attached hydrogens (tertiary/aromatic N) is 3. The Bertz CT molecular complexity index is 838. The second kappa shape index (κ2) is 5.76. The van der Waals surface area contributed by atoms with Gasteiger partial charge in [-0.3, -0.25) is 4.79 Å². The Balaban J connectivity index is 2.25. The molecule has 7 heteroatoms. The maximum absolute atomic E-state index is 11.6. The molecule has 0 fully saturated rings. The van der Waals surface area contributed by atoms with Gasteiger partial charge in [-0.15, -0.1) is 0 Å². The molecular formula is C15H15N3O3S. The summed E-state index contributed by atoms with van der Waals surface area (Å²) in [6, 6.07) is 5.40. The van der Waals surface area contributed by atoms with E-state index < -0.39 is 0 Å². The molecule has 0 amide bonds. The number of hydrogen-bond acceptors (Lipinski definition) is 6. The number of ether oxygens (including phenoxy) is 2. The quantitative estimate of drug-likeness (QED) is 0.677. The Hall–Kier alpha value is -2.41. The van der Waals surface area contributed by atoms with E-state index in [-0.39, 0.29) is 0 Å². The third-order valence-electron chi connectivity index (χ3n) is 3.36. The zero-order valence-corrected chi connectivity index (χ0v) is 13.3. The van der Waals surface area contributed by atoms with Crippen molar-refractivity contribution in [1.82, 2.24) is 14.6 Å². The van der Waals surface area contributed by atoms with Crippen LogP contribution in [0.15, 0.2) is 18.2 Å². The number of aryl methyl sites for hydroxylation is 1. The minimum atomic E-state index is 0.414. The molecule has 0 saturated carbocycles. The number of aromatic nitrogens is 3. The number of hydrogen-bond donors (Lipinski definition) is 0. The van der Waals surface area contributed by atoms with Crippen molar-refractivity contribution in [3.63, 3.8) is 0 Å². The van der Waals surface area contributed by atoms with Crippen LogP contribution in [0.2, 0.25) is 0 Å². The van der Waals surface area contributed by atoms with Crippen LogP contribution in [-0.2, 0) is 6.42 Å². The lowest BCUT2D eigenvalue weighted by Gasteiger charge is -2.09. The van der Waals surface area contributed by atoms with E-state index in [0.717, 1.165) is 17.7 Å².